The van der Waals surface area contributed by atoms with Crippen molar-refractivity contribution in [3.63, 3.8) is 0 Å². The molecule has 0 fully saturated rings. The van der Waals surface area contributed by atoms with Crippen molar-refractivity contribution in [1.82, 2.24) is 15.0 Å². The van der Waals surface area contributed by atoms with Crippen LogP contribution in [0.5, 0.6) is 11.8 Å². The van der Waals surface area contributed by atoms with Crippen molar-refractivity contribution in [1.29, 1.82) is 0 Å². The molecule has 0 spiro atoms. The average molecular weight is 348 g/mol. The SMILES string of the molecule is CCN(CC)c1nc(Cl)nc(Oc2cccc(Cl)c2Cl)n1. The maximum absolute atomic E-state index is 6.07. The first-order valence-electron chi connectivity index (χ1n) is 6.33. The topological polar surface area (TPSA) is 51.1 Å². The fourth-order valence-electron chi connectivity index (χ4n) is 1.68. The van der Waals surface area contributed by atoms with Crippen LogP contribution in [0.4, 0.5) is 5.95 Å². The van der Waals surface area contributed by atoms with E-state index in [2.05, 4.69) is 15.0 Å². The van der Waals surface area contributed by atoms with Gasteiger partial charge in [0.2, 0.25) is 11.2 Å². The van der Waals surface area contributed by atoms with E-state index >= 15 is 0 Å². The van der Waals surface area contributed by atoms with Crippen LogP contribution in [-0.2, 0) is 0 Å². The lowest BCUT2D eigenvalue weighted by atomic mass is 10.3. The molecule has 0 saturated carbocycles. The van der Waals surface area contributed by atoms with Gasteiger partial charge in [0.25, 0.3) is 0 Å². The van der Waals surface area contributed by atoms with Gasteiger partial charge < -0.3 is 9.64 Å². The highest BCUT2D eigenvalue weighted by atomic mass is 35.5. The molecule has 0 aliphatic heterocycles. The van der Waals surface area contributed by atoms with Crippen LogP contribution in [0.2, 0.25) is 15.3 Å². The highest BCUT2D eigenvalue weighted by Crippen LogP contribution is 2.34. The molecule has 1 aromatic carbocycles. The van der Waals surface area contributed by atoms with E-state index < -0.39 is 0 Å². The number of anilines is 1. The van der Waals surface area contributed by atoms with E-state index in [0.29, 0.717) is 21.7 Å². The molecule has 5 nitrogen and oxygen atoms in total. The van der Waals surface area contributed by atoms with Gasteiger partial charge >= 0.3 is 6.01 Å². The average Bonchev–Trinajstić information content (AvgIpc) is 2.45. The Labute approximate surface area is 137 Å². The second-order valence-electron chi connectivity index (χ2n) is 4.01. The number of rotatable bonds is 5. The largest absolute Gasteiger partial charge is 0.422 e. The molecule has 0 atom stereocenters. The van der Waals surface area contributed by atoms with Gasteiger partial charge in [-0.25, -0.2) is 0 Å². The molecular formula is C13H13Cl3N4O. The lowest BCUT2D eigenvalue weighted by molar-refractivity contribution is 0.439. The van der Waals surface area contributed by atoms with Crippen molar-refractivity contribution in [3.8, 4) is 11.8 Å². The predicted molar refractivity (Wildman–Crippen MR) is 84.9 cm³/mol. The highest BCUT2D eigenvalue weighted by molar-refractivity contribution is 6.42. The first-order chi connectivity index (χ1) is 10.0. The monoisotopic (exact) mass is 346 g/mol. The van der Waals surface area contributed by atoms with Gasteiger partial charge in [-0.2, -0.15) is 15.0 Å². The van der Waals surface area contributed by atoms with Gasteiger partial charge in [0, 0.05) is 13.1 Å². The molecule has 0 aliphatic carbocycles. The second-order valence-corrected chi connectivity index (χ2v) is 5.14. The summed E-state index contributed by atoms with van der Waals surface area (Å²) in [4.78, 5) is 14.2. The number of aromatic nitrogens is 3. The molecule has 2 rings (SSSR count). The van der Waals surface area contributed by atoms with Crippen LogP contribution in [-0.4, -0.2) is 28.0 Å². The predicted octanol–water partition coefficient (Wildman–Crippen LogP) is 4.47. The van der Waals surface area contributed by atoms with Crippen molar-refractivity contribution in [3.05, 3.63) is 33.5 Å². The summed E-state index contributed by atoms with van der Waals surface area (Å²) in [5, 5.41) is 0.735. The van der Waals surface area contributed by atoms with E-state index in [4.69, 9.17) is 39.5 Å². The maximum atomic E-state index is 6.07. The molecular weight excluding hydrogens is 335 g/mol. The van der Waals surface area contributed by atoms with E-state index in [0.717, 1.165) is 13.1 Å². The van der Waals surface area contributed by atoms with Crippen molar-refractivity contribution in [2.45, 2.75) is 13.8 Å². The highest BCUT2D eigenvalue weighted by Gasteiger charge is 2.13. The molecule has 0 amide bonds. The van der Waals surface area contributed by atoms with Crippen LogP contribution in [0.3, 0.4) is 0 Å². The number of benzene rings is 1. The van der Waals surface area contributed by atoms with E-state index in [-0.39, 0.29) is 11.3 Å². The Kier molecular flexibility index (Phi) is 5.45. The van der Waals surface area contributed by atoms with Gasteiger partial charge in [0.05, 0.1) is 5.02 Å². The molecule has 0 radical (unpaired) electrons. The van der Waals surface area contributed by atoms with Gasteiger partial charge in [-0.15, -0.1) is 0 Å². The van der Waals surface area contributed by atoms with Gasteiger partial charge in [-0.05, 0) is 37.6 Å². The zero-order chi connectivity index (χ0) is 15.4. The minimum absolute atomic E-state index is 0.0556. The first kappa shape index (κ1) is 16.1. The van der Waals surface area contributed by atoms with Crippen LogP contribution in [0.25, 0.3) is 0 Å². The minimum atomic E-state index is 0.0556. The van der Waals surface area contributed by atoms with Gasteiger partial charge in [0.15, 0.2) is 5.75 Å². The summed E-state index contributed by atoms with van der Waals surface area (Å²) in [6.45, 7) is 5.48. The van der Waals surface area contributed by atoms with Crippen LogP contribution in [0.15, 0.2) is 18.2 Å². The van der Waals surface area contributed by atoms with Crippen molar-refractivity contribution >= 4 is 40.8 Å². The molecule has 0 unspecified atom stereocenters. The molecule has 1 aromatic heterocycles. The zero-order valence-electron chi connectivity index (χ0n) is 11.5. The number of nitrogens with zero attached hydrogens (tertiary/aromatic N) is 4. The van der Waals surface area contributed by atoms with E-state index in [1.165, 1.54) is 0 Å². The molecule has 1 heterocycles. The summed E-state index contributed by atoms with van der Waals surface area (Å²) in [7, 11) is 0. The molecule has 0 bridgehead atoms. The third-order valence-electron chi connectivity index (χ3n) is 2.74. The first-order valence-corrected chi connectivity index (χ1v) is 7.47. The van der Waals surface area contributed by atoms with E-state index in [1.54, 1.807) is 18.2 Å². The molecule has 112 valence electrons. The van der Waals surface area contributed by atoms with Crippen LogP contribution in [0, 0.1) is 0 Å². The lowest BCUT2D eigenvalue weighted by Gasteiger charge is -2.18. The summed E-state index contributed by atoms with van der Waals surface area (Å²) in [6.07, 6.45) is 0. The fourth-order valence-corrected chi connectivity index (χ4v) is 2.16. The Morgan fingerprint density at radius 1 is 1.05 bits per heavy atom. The molecule has 0 N–H and O–H groups in total. The summed E-state index contributed by atoms with van der Waals surface area (Å²) in [5.41, 5.74) is 0. The number of hydrogen-bond donors (Lipinski definition) is 0. The summed E-state index contributed by atoms with van der Waals surface area (Å²) >= 11 is 17.9. The van der Waals surface area contributed by atoms with Gasteiger partial charge in [0.1, 0.15) is 5.02 Å². The molecule has 8 heteroatoms. The molecule has 21 heavy (non-hydrogen) atoms. The van der Waals surface area contributed by atoms with Crippen LogP contribution < -0.4 is 9.64 Å². The van der Waals surface area contributed by atoms with Crippen molar-refractivity contribution < 1.29 is 4.74 Å². The normalized spacial score (nSPS) is 10.5. The Morgan fingerprint density at radius 2 is 1.76 bits per heavy atom. The molecule has 2 aromatic rings. The molecule has 0 saturated heterocycles. The Morgan fingerprint density at radius 3 is 2.43 bits per heavy atom. The van der Waals surface area contributed by atoms with Crippen molar-refractivity contribution in [2.24, 2.45) is 0 Å². The summed E-state index contributed by atoms with van der Waals surface area (Å²) < 4.78 is 5.56. The summed E-state index contributed by atoms with van der Waals surface area (Å²) in [5.74, 6) is 0.810. The Bertz CT molecular complexity index is 635. The number of ether oxygens (including phenoxy) is 1. The fraction of sp³-hybridized carbons (Fsp3) is 0.308. The smallest absolute Gasteiger partial charge is 0.328 e. The zero-order valence-corrected chi connectivity index (χ0v) is 13.7. The third kappa shape index (κ3) is 3.87. The second kappa shape index (κ2) is 7.11. The maximum Gasteiger partial charge on any atom is 0.328 e. The lowest BCUT2D eigenvalue weighted by Crippen LogP contribution is -2.24. The van der Waals surface area contributed by atoms with Crippen LogP contribution >= 0.6 is 34.8 Å². The van der Waals surface area contributed by atoms with Crippen molar-refractivity contribution in [2.75, 3.05) is 18.0 Å². The third-order valence-corrected chi connectivity index (χ3v) is 3.71. The van der Waals surface area contributed by atoms with Crippen LogP contribution in [0.1, 0.15) is 13.8 Å². The number of halogens is 3. The minimum Gasteiger partial charge on any atom is -0.422 e. The Hall–Kier alpha value is -1.30. The summed E-state index contributed by atoms with van der Waals surface area (Å²) in [6, 6.07) is 5.13. The number of hydrogen-bond acceptors (Lipinski definition) is 5. The quantitative estimate of drug-likeness (QED) is 0.798. The Balaban J connectivity index is 2.34. The van der Waals surface area contributed by atoms with Gasteiger partial charge in [-0.1, -0.05) is 29.3 Å². The van der Waals surface area contributed by atoms with E-state index in [1.807, 2.05) is 18.7 Å². The van der Waals surface area contributed by atoms with Gasteiger partial charge in [-0.3, -0.25) is 0 Å². The standard InChI is InChI=1S/C13H13Cl3N4O/c1-3-20(4-2)12-17-11(16)18-13(19-12)21-9-7-5-6-8(14)10(9)15/h5-7H,3-4H2,1-2H3. The van der Waals surface area contributed by atoms with E-state index in [9.17, 15) is 0 Å². The molecule has 0 aliphatic rings.